The number of nitrogens with one attached hydrogen (secondary N) is 1. The first-order chi connectivity index (χ1) is 8.79. The van der Waals surface area contributed by atoms with E-state index in [2.05, 4.69) is 69.9 Å². The van der Waals surface area contributed by atoms with Crippen molar-refractivity contribution in [3.8, 4) is 0 Å². The van der Waals surface area contributed by atoms with Crippen molar-refractivity contribution in [3.05, 3.63) is 56.7 Å². The van der Waals surface area contributed by atoms with E-state index in [0.29, 0.717) is 6.04 Å². The monoisotopic (exact) mass is 323 g/mol. The van der Waals surface area contributed by atoms with Crippen LogP contribution in [-0.2, 0) is 6.42 Å². The zero-order valence-corrected chi connectivity index (χ0v) is 12.9. The van der Waals surface area contributed by atoms with Gasteiger partial charge in [0, 0.05) is 15.4 Å². The second-order valence-electron chi connectivity index (χ2n) is 4.35. The van der Waals surface area contributed by atoms with Gasteiger partial charge in [-0.15, -0.1) is 11.3 Å². The fraction of sp³-hybridized carbons (Fsp3) is 0.333. The van der Waals surface area contributed by atoms with Crippen LogP contribution in [0, 0.1) is 0 Å². The zero-order valence-electron chi connectivity index (χ0n) is 10.5. The van der Waals surface area contributed by atoms with Gasteiger partial charge in [0.1, 0.15) is 0 Å². The van der Waals surface area contributed by atoms with Gasteiger partial charge in [-0.25, -0.2) is 0 Å². The van der Waals surface area contributed by atoms with E-state index in [1.54, 1.807) is 0 Å². The highest BCUT2D eigenvalue weighted by Gasteiger charge is 2.12. The molecule has 2 aromatic rings. The molecule has 0 aliphatic rings. The molecule has 1 unspecified atom stereocenters. The third-order valence-corrected chi connectivity index (χ3v) is 4.40. The van der Waals surface area contributed by atoms with E-state index in [4.69, 9.17) is 0 Å². The number of hydrogen-bond donors (Lipinski definition) is 1. The largest absolute Gasteiger partial charge is 0.309 e. The van der Waals surface area contributed by atoms with Gasteiger partial charge in [-0.05, 0) is 48.5 Å². The summed E-state index contributed by atoms with van der Waals surface area (Å²) in [4.78, 5) is 1.42. The van der Waals surface area contributed by atoms with Crippen LogP contribution in [0.25, 0.3) is 0 Å². The smallest absolute Gasteiger partial charge is 0.0455 e. The molecule has 1 atom stereocenters. The molecule has 1 nitrogen and oxygen atoms in total. The summed E-state index contributed by atoms with van der Waals surface area (Å²) in [6.45, 7) is 3.28. The highest BCUT2D eigenvalue weighted by molar-refractivity contribution is 9.10. The summed E-state index contributed by atoms with van der Waals surface area (Å²) >= 11 is 5.31. The minimum absolute atomic E-state index is 0.436. The van der Waals surface area contributed by atoms with E-state index in [9.17, 15) is 0 Å². The summed E-state index contributed by atoms with van der Waals surface area (Å²) in [6, 6.07) is 13.4. The van der Waals surface area contributed by atoms with E-state index in [1.807, 2.05) is 11.3 Å². The van der Waals surface area contributed by atoms with Crippen LogP contribution in [0.15, 0.2) is 46.3 Å². The molecule has 0 aliphatic heterocycles. The minimum Gasteiger partial charge on any atom is -0.309 e. The normalized spacial score (nSPS) is 12.6. The second-order valence-corrected chi connectivity index (χ2v) is 6.25. The van der Waals surface area contributed by atoms with Crippen LogP contribution in [0.5, 0.6) is 0 Å². The lowest BCUT2D eigenvalue weighted by atomic mass is 10.0. The Morgan fingerprint density at radius 2 is 2.00 bits per heavy atom. The quantitative estimate of drug-likeness (QED) is 0.805. The van der Waals surface area contributed by atoms with Crippen molar-refractivity contribution in [1.82, 2.24) is 5.32 Å². The minimum atomic E-state index is 0.436. The molecule has 96 valence electrons. The number of benzene rings is 1. The SMILES string of the molecule is CCCNC(Cc1ccc(Br)cc1)c1cccs1. The van der Waals surface area contributed by atoms with Gasteiger partial charge in [0.25, 0.3) is 0 Å². The molecule has 0 bridgehead atoms. The van der Waals surface area contributed by atoms with Gasteiger partial charge in [0.05, 0.1) is 0 Å². The van der Waals surface area contributed by atoms with Gasteiger partial charge in [0.2, 0.25) is 0 Å². The van der Waals surface area contributed by atoms with Gasteiger partial charge < -0.3 is 5.32 Å². The third kappa shape index (κ3) is 3.94. The molecular formula is C15H18BrNS. The van der Waals surface area contributed by atoms with Crippen molar-refractivity contribution in [2.24, 2.45) is 0 Å². The molecule has 1 aromatic carbocycles. The van der Waals surface area contributed by atoms with E-state index >= 15 is 0 Å². The third-order valence-electron chi connectivity index (χ3n) is 2.88. The first-order valence-electron chi connectivity index (χ1n) is 6.31. The van der Waals surface area contributed by atoms with Crippen molar-refractivity contribution in [1.29, 1.82) is 0 Å². The summed E-state index contributed by atoms with van der Waals surface area (Å²) in [5, 5.41) is 5.78. The maximum Gasteiger partial charge on any atom is 0.0455 e. The maximum absolute atomic E-state index is 3.63. The number of thiophene rings is 1. The number of halogens is 1. The molecule has 0 aliphatic carbocycles. The standard InChI is InChI=1S/C15H18BrNS/c1-2-9-17-14(15-4-3-10-18-15)11-12-5-7-13(16)8-6-12/h3-8,10,14,17H,2,9,11H2,1H3. The van der Waals surface area contributed by atoms with Crippen LogP contribution in [0.3, 0.4) is 0 Å². The Morgan fingerprint density at radius 1 is 1.22 bits per heavy atom. The summed E-state index contributed by atoms with van der Waals surface area (Å²) in [5.41, 5.74) is 1.38. The molecule has 2 rings (SSSR count). The van der Waals surface area contributed by atoms with Gasteiger partial charge in [0.15, 0.2) is 0 Å². The molecular weight excluding hydrogens is 306 g/mol. The van der Waals surface area contributed by atoms with E-state index in [0.717, 1.165) is 17.4 Å². The fourth-order valence-electron chi connectivity index (χ4n) is 1.94. The van der Waals surface area contributed by atoms with Crippen molar-refractivity contribution in [3.63, 3.8) is 0 Å². The highest BCUT2D eigenvalue weighted by Crippen LogP contribution is 2.23. The first-order valence-corrected chi connectivity index (χ1v) is 7.98. The lowest BCUT2D eigenvalue weighted by Crippen LogP contribution is -2.23. The van der Waals surface area contributed by atoms with Crippen LogP contribution in [-0.4, -0.2) is 6.54 Å². The topological polar surface area (TPSA) is 12.0 Å². The van der Waals surface area contributed by atoms with Gasteiger partial charge in [-0.2, -0.15) is 0 Å². The van der Waals surface area contributed by atoms with Gasteiger partial charge in [-0.1, -0.05) is 41.1 Å². The van der Waals surface area contributed by atoms with E-state index < -0.39 is 0 Å². The second kappa shape index (κ2) is 7.07. The van der Waals surface area contributed by atoms with Crippen molar-refractivity contribution in [2.45, 2.75) is 25.8 Å². The summed E-state index contributed by atoms with van der Waals surface area (Å²) in [5.74, 6) is 0. The Morgan fingerprint density at radius 3 is 2.61 bits per heavy atom. The number of hydrogen-bond acceptors (Lipinski definition) is 2. The molecule has 0 saturated carbocycles. The van der Waals surface area contributed by atoms with Crippen molar-refractivity contribution < 1.29 is 0 Å². The molecule has 0 radical (unpaired) electrons. The highest BCUT2D eigenvalue weighted by atomic mass is 79.9. The molecule has 1 heterocycles. The average Bonchev–Trinajstić information content (AvgIpc) is 2.90. The molecule has 0 fully saturated rings. The van der Waals surface area contributed by atoms with Gasteiger partial charge >= 0.3 is 0 Å². The molecule has 3 heteroatoms. The Hall–Kier alpha value is -0.640. The average molecular weight is 324 g/mol. The molecule has 1 N–H and O–H groups in total. The Bertz CT molecular complexity index is 450. The van der Waals surface area contributed by atoms with Crippen molar-refractivity contribution in [2.75, 3.05) is 6.54 Å². The lowest BCUT2D eigenvalue weighted by molar-refractivity contribution is 0.536. The van der Waals surface area contributed by atoms with Crippen LogP contribution in [0.2, 0.25) is 0 Å². The summed E-state index contributed by atoms with van der Waals surface area (Å²) < 4.78 is 1.14. The molecule has 0 spiro atoms. The molecule has 0 saturated heterocycles. The Balaban J connectivity index is 2.07. The lowest BCUT2D eigenvalue weighted by Gasteiger charge is -2.17. The predicted octanol–water partition coefficient (Wildman–Crippen LogP) is 4.79. The van der Waals surface area contributed by atoms with Gasteiger partial charge in [-0.3, -0.25) is 0 Å². The van der Waals surface area contributed by atoms with Crippen LogP contribution in [0.4, 0.5) is 0 Å². The predicted molar refractivity (Wildman–Crippen MR) is 83.2 cm³/mol. The maximum atomic E-state index is 3.63. The summed E-state index contributed by atoms with van der Waals surface area (Å²) in [7, 11) is 0. The number of rotatable bonds is 6. The zero-order chi connectivity index (χ0) is 12.8. The Kier molecular flexibility index (Phi) is 5.42. The fourth-order valence-corrected chi connectivity index (χ4v) is 3.00. The molecule has 1 aromatic heterocycles. The molecule has 0 amide bonds. The van der Waals surface area contributed by atoms with Crippen molar-refractivity contribution >= 4 is 27.3 Å². The van der Waals surface area contributed by atoms with Crippen LogP contribution >= 0.6 is 27.3 Å². The Labute approximate surface area is 121 Å². The molecule has 18 heavy (non-hydrogen) atoms. The first kappa shape index (κ1) is 13.8. The van der Waals surface area contributed by atoms with Crippen LogP contribution < -0.4 is 5.32 Å². The van der Waals surface area contributed by atoms with Crippen LogP contribution in [0.1, 0.15) is 29.8 Å². The summed E-state index contributed by atoms with van der Waals surface area (Å²) in [6.07, 6.45) is 2.22. The van der Waals surface area contributed by atoms with E-state index in [1.165, 1.54) is 16.9 Å². The van der Waals surface area contributed by atoms with E-state index in [-0.39, 0.29) is 0 Å².